The third-order valence-corrected chi connectivity index (χ3v) is 4.86. The highest BCUT2D eigenvalue weighted by atomic mass is 16.5. The van der Waals surface area contributed by atoms with E-state index in [0.29, 0.717) is 5.54 Å². The number of piperidine rings is 1. The Hall–Kier alpha value is -1.39. The van der Waals surface area contributed by atoms with Crippen molar-refractivity contribution in [2.45, 2.75) is 49.8 Å². The van der Waals surface area contributed by atoms with Crippen LogP contribution in [0.3, 0.4) is 0 Å². The Balaban J connectivity index is 1.62. The molecule has 4 heteroatoms. The molecule has 3 rings (SSSR count). The van der Waals surface area contributed by atoms with Crippen molar-refractivity contribution in [2.75, 3.05) is 13.7 Å². The lowest BCUT2D eigenvalue weighted by molar-refractivity contribution is -0.132. The van der Waals surface area contributed by atoms with Crippen LogP contribution in [-0.4, -0.2) is 31.1 Å². The first-order valence-corrected chi connectivity index (χ1v) is 7.86. The molecule has 1 aromatic rings. The molecule has 1 aromatic carbocycles. The number of ether oxygens (including phenoxy) is 1. The predicted molar refractivity (Wildman–Crippen MR) is 81.9 cm³/mol. The van der Waals surface area contributed by atoms with Crippen molar-refractivity contribution in [2.24, 2.45) is 0 Å². The highest BCUT2D eigenvalue weighted by molar-refractivity contribution is 5.82. The summed E-state index contributed by atoms with van der Waals surface area (Å²) in [6.07, 6.45) is 5.32. The molecule has 1 aliphatic carbocycles. The molecular weight excluding hydrogens is 264 g/mol. The van der Waals surface area contributed by atoms with Crippen LogP contribution in [-0.2, 0) is 9.53 Å². The lowest BCUT2D eigenvalue weighted by Crippen LogP contribution is -2.60. The summed E-state index contributed by atoms with van der Waals surface area (Å²) < 4.78 is 5.40. The molecule has 1 spiro atoms. The number of nitrogens with one attached hydrogen (secondary N) is 2. The Kier molecular flexibility index (Phi) is 4.27. The Morgan fingerprint density at radius 1 is 1.38 bits per heavy atom. The van der Waals surface area contributed by atoms with Crippen molar-refractivity contribution < 1.29 is 9.53 Å². The first kappa shape index (κ1) is 14.5. The maximum absolute atomic E-state index is 12.5. The summed E-state index contributed by atoms with van der Waals surface area (Å²) >= 11 is 0. The van der Waals surface area contributed by atoms with Gasteiger partial charge in [-0.3, -0.25) is 4.79 Å². The Morgan fingerprint density at radius 3 is 2.76 bits per heavy atom. The van der Waals surface area contributed by atoms with Crippen LogP contribution >= 0.6 is 0 Å². The van der Waals surface area contributed by atoms with Crippen LogP contribution < -0.4 is 10.6 Å². The molecule has 1 saturated carbocycles. The number of carbonyl (C=O) groups excluding carboxylic acids is 1. The smallest absolute Gasteiger partial charge is 0.253 e. The first-order chi connectivity index (χ1) is 10.2. The highest BCUT2D eigenvalue weighted by Gasteiger charge is 2.41. The minimum absolute atomic E-state index is 0.0231. The second-order valence-electron chi connectivity index (χ2n) is 6.29. The molecule has 2 aliphatic rings. The van der Waals surface area contributed by atoms with E-state index in [1.165, 1.54) is 19.3 Å². The lowest BCUT2D eigenvalue weighted by atomic mass is 9.70. The van der Waals surface area contributed by atoms with Crippen LogP contribution in [0.25, 0.3) is 0 Å². The molecule has 1 heterocycles. The van der Waals surface area contributed by atoms with Crippen LogP contribution in [0.1, 0.15) is 43.8 Å². The maximum Gasteiger partial charge on any atom is 0.253 e. The molecule has 2 atom stereocenters. The van der Waals surface area contributed by atoms with Gasteiger partial charge in [-0.05, 0) is 44.2 Å². The van der Waals surface area contributed by atoms with Crippen LogP contribution in [0.4, 0.5) is 0 Å². The fraction of sp³-hybridized carbons (Fsp3) is 0.588. The zero-order chi connectivity index (χ0) is 14.7. The third kappa shape index (κ3) is 3.11. The molecule has 2 unspecified atom stereocenters. The molecule has 0 aromatic heterocycles. The van der Waals surface area contributed by atoms with Gasteiger partial charge in [0.15, 0.2) is 6.10 Å². The molecule has 0 bridgehead atoms. The lowest BCUT2D eigenvalue weighted by Gasteiger charge is -2.48. The molecule has 4 nitrogen and oxygen atoms in total. The minimum atomic E-state index is -0.515. The van der Waals surface area contributed by atoms with E-state index in [0.717, 1.165) is 24.9 Å². The summed E-state index contributed by atoms with van der Waals surface area (Å²) in [5.41, 5.74) is 1.20. The number of methoxy groups -OCH3 is 1. The van der Waals surface area contributed by atoms with Crippen molar-refractivity contribution in [1.82, 2.24) is 10.6 Å². The quantitative estimate of drug-likeness (QED) is 0.892. The molecule has 2 N–H and O–H groups in total. The van der Waals surface area contributed by atoms with Gasteiger partial charge in [0, 0.05) is 18.7 Å². The van der Waals surface area contributed by atoms with E-state index in [1.54, 1.807) is 7.11 Å². The van der Waals surface area contributed by atoms with Crippen molar-refractivity contribution >= 4 is 5.91 Å². The maximum atomic E-state index is 12.5. The molecular formula is C17H24N2O2. The number of hydrogen-bond donors (Lipinski definition) is 2. The molecule has 114 valence electrons. The van der Waals surface area contributed by atoms with Crippen molar-refractivity contribution in [1.29, 1.82) is 0 Å². The average molecular weight is 288 g/mol. The van der Waals surface area contributed by atoms with E-state index in [9.17, 15) is 4.79 Å². The van der Waals surface area contributed by atoms with Crippen molar-refractivity contribution in [3.8, 4) is 0 Å². The summed E-state index contributed by atoms with van der Waals surface area (Å²) in [5.74, 6) is -0.0231. The van der Waals surface area contributed by atoms with Gasteiger partial charge in [0.1, 0.15) is 0 Å². The molecule has 2 fully saturated rings. The van der Waals surface area contributed by atoms with Crippen molar-refractivity contribution in [3.63, 3.8) is 0 Å². The van der Waals surface area contributed by atoms with E-state index in [1.807, 2.05) is 30.3 Å². The van der Waals surface area contributed by atoms with Crippen LogP contribution in [0.5, 0.6) is 0 Å². The zero-order valence-corrected chi connectivity index (χ0v) is 12.6. The minimum Gasteiger partial charge on any atom is -0.367 e. The largest absolute Gasteiger partial charge is 0.367 e. The Morgan fingerprint density at radius 2 is 2.14 bits per heavy atom. The summed E-state index contributed by atoms with van der Waals surface area (Å²) in [6, 6.07) is 9.94. The average Bonchev–Trinajstić information content (AvgIpc) is 2.48. The monoisotopic (exact) mass is 288 g/mol. The van der Waals surface area contributed by atoms with Crippen LogP contribution in [0.2, 0.25) is 0 Å². The summed E-state index contributed by atoms with van der Waals surface area (Å²) in [7, 11) is 1.59. The van der Waals surface area contributed by atoms with Gasteiger partial charge >= 0.3 is 0 Å². The Labute approximate surface area is 126 Å². The molecule has 1 aliphatic heterocycles. The van der Waals surface area contributed by atoms with E-state index in [4.69, 9.17) is 4.74 Å². The second kappa shape index (κ2) is 6.16. The molecule has 21 heavy (non-hydrogen) atoms. The number of rotatable bonds is 4. The van der Waals surface area contributed by atoms with Gasteiger partial charge in [0.05, 0.1) is 0 Å². The molecule has 0 radical (unpaired) electrons. The van der Waals surface area contributed by atoms with Crippen LogP contribution in [0, 0.1) is 0 Å². The van der Waals surface area contributed by atoms with Crippen molar-refractivity contribution in [3.05, 3.63) is 35.9 Å². The second-order valence-corrected chi connectivity index (χ2v) is 6.29. The van der Waals surface area contributed by atoms with Gasteiger partial charge in [-0.1, -0.05) is 30.3 Å². The number of benzene rings is 1. The zero-order valence-electron chi connectivity index (χ0n) is 12.6. The molecule has 1 saturated heterocycles. The SMILES string of the molecule is COC(C(=O)NC1CCNC2(CCC2)C1)c1ccccc1. The van der Waals surface area contributed by atoms with Gasteiger partial charge in [0.2, 0.25) is 0 Å². The summed E-state index contributed by atoms with van der Waals surface area (Å²) in [4.78, 5) is 12.5. The van der Waals surface area contributed by atoms with E-state index >= 15 is 0 Å². The van der Waals surface area contributed by atoms with Gasteiger partial charge in [-0.15, -0.1) is 0 Å². The third-order valence-electron chi connectivity index (χ3n) is 4.86. The number of hydrogen-bond acceptors (Lipinski definition) is 3. The number of amides is 1. The van der Waals surface area contributed by atoms with E-state index in [-0.39, 0.29) is 11.9 Å². The van der Waals surface area contributed by atoms with E-state index < -0.39 is 6.10 Å². The molecule has 1 amide bonds. The predicted octanol–water partition coefficient (Wildman–Crippen LogP) is 2.17. The fourth-order valence-electron chi connectivity index (χ4n) is 3.56. The summed E-state index contributed by atoms with van der Waals surface area (Å²) in [5, 5.41) is 6.82. The standard InChI is InChI=1S/C17H24N2O2/c1-21-15(13-6-3-2-4-7-13)16(20)19-14-8-11-18-17(12-14)9-5-10-17/h2-4,6-7,14-15,18H,5,8-12H2,1H3,(H,19,20). The van der Waals surface area contributed by atoms with Crippen LogP contribution in [0.15, 0.2) is 30.3 Å². The van der Waals surface area contributed by atoms with E-state index in [2.05, 4.69) is 10.6 Å². The Bertz CT molecular complexity index is 485. The normalized spacial score (nSPS) is 25.1. The van der Waals surface area contributed by atoms with Gasteiger partial charge in [-0.2, -0.15) is 0 Å². The first-order valence-electron chi connectivity index (χ1n) is 7.86. The van der Waals surface area contributed by atoms with Gasteiger partial charge < -0.3 is 15.4 Å². The summed E-state index contributed by atoms with van der Waals surface area (Å²) in [6.45, 7) is 0.994. The highest BCUT2D eigenvalue weighted by Crippen LogP contribution is 2.38. The fourth-order valence-corrected chi connectivity index (χ4v) is 3.56. The number of carbonyl (C=O) groups is 1. The topological polar surface area (TPSA) is 50.4 Å². The van der Waals surface area contributed by atoms with Gasteiger partial charge in [0.25, 0.3) is 5.91 Å². The van der Waals surface area contributed by atoms with Gasteiger partial charge in [-0.25, -0.2) is 0 Å².